The third kappa shape index (κ3) is 5.01. The molecule has 0 bridgehead atoms. The number of nitrogens with one attached hydrogen (secondary N) is 2. The van der Waals surface area contributed by atoms with Gasteiger partial charge in [0, 0.05) is 18.8 Å². The van der Waals surface area contributed by atoms with Crippen LogP contribution in [0.5, 0.6) is 5.75 Å². The molecule has 2 aromatic carbocycles. The highest BCUT2D eigenvalue weighted by Gasteiger charge is 2.50. The zero-order valence-corrected chi connectivity index (χ0v) is 22.2. The van der Waals surface area contributed by atoms with E-state index in [-0.39, 0.29) is 17.7 Å². The monoisotopic (exact) mass is 519 g/mol. The van der Waals surface area contributed by atoms with Crippen LogP contribution < -0.4 is 15.5 Å². The molecule has 2 atom stereocenters. The van der Waals surface area contributed by atoms with Crippen LogP contribution in [0.3, 0.4) is 0 Å². The number of anilines is 2. The summed E-state index contributed by atoms with van der Waals surface area (Å²) in [5.74, 6) is 0.750. The molecule has 3 aliphatic rings. The molecule has 3 N–H and O–H groups in total. The van der Waals surface area contributed by atoms with Gasteiger partial charge < -0.3 is 30.3 Å². The van der Waals surface area contributed by atoms with Crippen LogP contribution in [0, 0.1) is 5.92 Å². The first kappa shape index (κ1) is 25.9. The molecule has 1 aliphatic carbocycles. The van der Waals surface area contributed by atoms with Gasteiger partial charge in [-0.15, -0.1) is 0 Å². The number of guanidine groups is 1. The van der Waals surface area contributed by atoms with Gasteiger partial charge in [-0.3, -0.25) is 4.79 Å². The summed E-state index contributed by atoms with van der Waals surface area (Å²) in [5.41, 5.74) is 1.18. The van der Waals surface area contributed by atoms with Crippen molar-refractivity contribution in [2.24, 2.45) is 10.9 Å². The number of aliphatic imine (C=N–C) groups is 1. The largest absolute Gasteiger partial charge is 0.506 e. The molecule has 2 aromatic rings. The predicted molar refractivity (Wildman–Crippen MR) is 147 cm³/mol. The number of esters is 1. The number of rotatable bonds is 4. The number of nitrogens with zero attached hydrogens (tertiary/aromatic N) is 3. The Morgan fingerprint density at radius 2 is 1.87 bits per heavy atom. The summed E-state index contributed by atoms with van der Waals surface area (Å²) in [6, 6.07) is 14.8. The Morgan fingerprint density at radius 1 is 1.13 bits per heavy atom. The fourth-order valence-corrected chi connectivity index (χ4v) is 5.96. The number of carbonyl (C=O) groups is 2. The van der Waals surface area contributed by atoms with Gasteiger partial charge in [0.05, 0.1) is 31.1 Å². The highest BCUT2D eigenvalue weighted by atomic mass is 16.5. The molecule has 3 fully saturated rings. The molecule has 2 aliphatic heterocycles. The number of hydrogen-bond donors (Lipinski definition) is 3. The first-order valence-corrected chi connectivity index (χ1v) is 13.5. The summed E-state index contributed by atoms with van der Waals surface area (Å²) in [6.45, 7) is 3.99. The summed E-state index contributed by atoms with van der Waals surface area (Å²) in [5, 5.41) is 17.0. The Bertz CT molecular complexity index is 1190. The maximum Gasteiger partial charge on any atom is 0.337 e. The van der Waals surface area contributed by atoms with E-state index in [9.17, 15) is 14.7 Å². The number of hydrogen-bond acceptors (Lipinski definition) is 6. The Labute approximate surface area is 223 Å². The van der Waals surface area contributed by atoms with E-state index >= 15 is 0 Å². The number of amides is 1. The van der Waals surface area contributed by atoms with Crippen LogP contribution >= 0.6 is 0 Å². The van der Waals surface area contributed by atoms with Crippen LogP contribution in [0.4, 0.5) is 11.4 Å². The minimum absolute atomic E-state index is 0.0287. The zero-order valence-electron chi connectivity index (χ0n) is 22.2. The third-order valence-electron chi connectivity index (χ3n) is 8.31. The van der Waals surface area contributed by atoms with E-state index in [4.69, 9.17) is 9.73 Å². The van der Waals surface area contributed by atoms with Crippen molar-refractivity contribution in [3.05, 3.63) is 54.1 Å². The Hall–Kier alpha value is -3.75. The summed E-state index contributed by atoms with van der Waals surface area (Å²) in [7, 11) is 1.33. The third-order valence-corrected chi connectivity index (χ3v) is 8.31. The number of methoxy groups -OCH3 is 1. The molecule has 0 radical (unpaired) electrons. The fourth-order valence-electron chi connectivity index (χ4n) is 5.96. The van der Waals surface area contributed by atoms with Gasteiger partial charge in [-0.25, -0.2) is 9.79 Å². The smallest absolute Gasteiger partial charge is 0.337 e. The van der Waals surface area contributed by atoms with E-state index in [1.807, 2.05) is 30.3 Å². The van der Waals surface area contributed by atoms with Gasteiger partial charge in [-0.2, -0.15) is 0 Å². The number of phenolic OH excluding ortho intramolecular Hbond substituents is 1. The number of ether oxygens (including phenoxy) is 1. The van der Waals surface area contributed by atoms with Gasteiger partial charge in [0.1, 0.15) is 11.3 Å². The number of phenols is 1. The Balaban J connectivity index is 1.41. The first-order chi connectivity index (χ1) is 18.4. The molecule has 1 amide bonds. The highest BCUT2D eigenvalue weighted by Crippen LogP contribution is 2.37. The molecule has 202 valence electrons. The zero-order chi connectivity index (χ0) is 26.7. The normalized spacial score (nSPS) is 23.3. The molecule has 0 aromatic heterocycles. The van der Waals surface area contributed by atoms with Crippen molar-refractivity contribution in [1.82, 2.24) is 10.2 Å². The average Bonchev–Trinajstić information content (AvgIpc) is 3.26. The second-order valence-electron chi connectivity index (χ2n) is 10.6. The van der Waals surface area contributed by atoms with Gasteiger partial charge >= 0.3 is 5.97 Å². The maximum absolute atomic E-state index is 13.1. The highest BCUT2D eigenvalue weighted by molar-refractivity contribution is 5.98. The number of benzene rings is 2. The second kappa shape index (κ2) is 10.9. The number of carbonyl (C=O) groups excluding carboxylic acids is 2. The SMILES string of the molecule is COC(=O)c1ccc(O)c(NC(=NC2CCCCC2C)N2CCC3(CC2)C(=O)NCN3c2ccccc2)c1. The quantitative estimate of drug-likeness (QED) is 0.243. The standard InChI is InChI=1S/C29H37N5O4/c1-20-8-6-7-11-23(20)31-28(32-24-18-21(26(36)38-2)12-13-25(24)35)33-16-14-29(15-17-33)27(37)30-19-34(29)22-9-4-3-5-10-22/h3-5,9-10,12-13,18,20,23,35H,6-8,11,14-17,19H2,1-2H3,(H,30,37)(H,31,32). The second-order valence-corrected chi connectivity index (χ2v) is 10.6. The molecular weight excluding hydrogens is 482 g/mol. The molecule has 5 rings (SSSR count). The van der Waals surface area contributed by atoms with Crippen molar-refractivity contribution in [2.75, 3.05) is 37.1 Å². The minimum atomic E-state index is -0.603. The van der Waals surface area contributed by atoms with E-state index in [1.165, 1.54) is 25.7 Å². The van der Waals surface area contributed by atoms with Crippen molar-refractivity contribution in [1.29, 1.82) is 0 Å². The number of para-hydroxylation sites is 1. The number of piperidine rings is 1. The summed E-state index contributed by atoms with van der Waals surface area (Å²) >= 11 is 0. The molecule has 9 heteroatoms. The lowest BCUT2D eigenvalue weighted by Gasteiger charge is -2.44. The number of likely N-dealkylation sites (tertiary alicyclic amines) is 1. The van der Waals surface area contributed by atoms with Crippen molar-refractivity contribution >= 4 is 29.2 Å². The first-order valence-electron chi connectivity index (χ1n) is 13.5. The lowest BCUT2D eigenvalue weighted by Crippen LogP contribution is -2.58. The van der Waals surface area contributed by atoms with E-state index in [0.717, 1.165) is 24.9 Å². The molecule has 1 spiro atoms. The average molecular weight is 520 g/mol. The fraction of sp³-hybridized carbons (Fsp3) is 0.483. The molecule has 1 saturated carbocycles. The molecule has 9 nitrogen and oxygen atoms in total. The van der Waals surface area contributed by atoms with Gasteiger partial charge in [0.25, 0.3) is 0 Å². The van der Waals surface area contributed by atoms with Gasteiger partial charge in [-0.1, -0.05) is 38.0 Å². The van der Waals surface area contributed by atoms with Crippen molar-refractivity contribution in [2.45, 2.75) is 57.0 Å². The van der Waals surface area contributed by atoms with Crippen LogP contribution in [0.15, 0.2) is 53.5 Å². The van der Waals surface area contributed by atoms with Gasteiger partial charge in [-0.05, 0) is 61.9 Å². The summed E-state index contributed by atoms with van der Waals surface area (Å²) < 4.78 is 4.87. The molecular formula is C29H37N5O4. The lowest BCUT2D eigenvalue weighted by molar-refractivity contribution is -0.124. The van der Waals surface area contributed by atoms with Crippen LogP contribution in [-0.2, 0) is 9.53 Å². The van der Waals surface area contributed by atoms with Crippen LogP contribution in [0.1, 0.15) is 55.8 Å². The van der Waals surface area contributed by atoms with E-state index < -0.39 is 11.5 Å². The van der Waals surface area contributed by atoms with E-state index in [2.05, 4.69) is 27.4 Å². The summed E-state index contributed by atoms with van der Waals surface area (Å²) in [6.07, 6.45) is 5.80. The summed E-state index contributed by atoms with van der Waals surface area (Å²) in [4.78, 5) is 34.8. The topological polar surface area (TPSA) is 106 Å². The molecule has 38 heavy (non-hydrogen) atoms. The van der Waals surface area contributed by atoms with E-state index in [0.29, 0.717) is 55.7 Å². The Kier molecular flexibility index (Phi) is 7.44. The van der Waals surface area contributed by atoms with E-state index in [1.54, 1.807) is 6.07 Å². The van der Waals surface area contributed by atoms with Crippen LogP contribution in [0.25, 0.3) is 0 Å². The van der Waals surface area contributed by atoms with Crippen molar-refractivity contribution in [3.8, 4) is 5.75 Å². The minimum Gasteiger partial charge on any atom is -0.506 e. The van der Waals surface area contributed by atoms with Crippen LogP contribution in [0.2, 0.25) is 0 Å². The maximum atomic E-state index is 13.1. The van der Waals surface area contributed by atoms with Gasteiger partial charge in [0.15, 0.2) is 5.96 Å². The lowest BCUT2D eigenvalue weighted by atomic mass is 9.85. The Morgan fingerprint density at radius 3 is 2.58 bits per heavy atom. The van der Waals surface area contributed by atoms with Gasteiger partial charge in [0.2, 0.25) is 5.91 Å². The van der Waals surface area contributed by atoms with Crippen LogP contribution in [-0.4, -0.2) is 66.3 Å². The predicted octanol–water partition coefficient (Wildman–Crippen LogP) is 3.95. The van der Waals surface area contributed by atoms with Crippen molar-refractivity contribution < 1.29 is 19.4 Å². The molecule has 2 heterocycles. The molecule has 2 saturated heterocycles. The molecule has 2 unspecified atom stereocenters. The van der Waals surface area contributed by atoms with Crippen molar-refractivity contribution in [3.63, 3.8) is 0 Å². The number of aromatic hydroxyl groups is 1.